The summed E-state index contributed by atoms with van der Waals surface area (Å²) in [6.07, 6.45) is 0.0735. The van der Waals surface area contributed by atoms with Crippen molar-refractivity contribution in [2.75, 3.05) is 5.32 Å². The number of fused-ring (bicyclic) bond motifs is 1. The minimum Gasteiger partial charge on any atom is -0.312 e. The molecule has 0 spiro atoms. The normalized spacial score (nSPS) is 15.6. The third-order valence-corrected chi connectivity index (χ3v) is 6.64. The van der Waals surface area contributed by atoms with Gasteiger partial charge in [0, 0.05) is 25.1 Å². The highest BCUT2D eigenvalue weighted by atomic mass is 79.9. The molecule has 9 heteroatoms. The van der Waals surface area contributed by atoms with Crippen LogP contribution < -0.4 is 10.9 Å². The summed E-state index contributed by atoms with van der Waals surface area (Å²) in [4.78, 5) is 29.5. The van der Waals surface area contributed by atoms with E-state index in [4.69, 9.17) is 0 Å². The first-order valence-electron chi connectivity index (χ1n) is 9.06. The predicted octanol–water partition coefficient (Wildman–Crippen LogP) is 4.59. The molecule has 1 atom stereocenters. The van der Waals surface area contributed by atoms with E-state index in [0.29, 0.717) is 27.9 Å². The lowest BCUT2D eigenvalue weighted by molar-refractivity contribution is -0.116. The molecule has 5 nitrogen and oxygen atoms in total. The number of nitrogens with one attached hydrogen (secondary N) is 1. The van der Waals surface area contributed by atoms with Crippen molar-refractivity contribution in [1.29, 1.82) is 0 Å². The molecule has 0 bridgehead atoms. The van der Waals surface area contributed by atoms with E-state index in [1.54, 1.807) is 35.9 Å². The third-order valence-electron chi connectivity index (χ3n) is 4.93. The van der Waals surface area contributed by atoms with E-state index >= 15 is 0 Å². The Morgan fingerprint density at radius 1 is 1.20 bits per heavy atom. The monoisotopic (exact) mass is 491 g/mol. The van der Waals surface area contributed by atoms with Crippen molar-refractivity contribution in [3.8, 4) is 0 Å². The smallest absolute Gasteiger partial charge is 0.279 e. The van der Waals surface area contributed by atoms with E-state index in [-0.39, 0.29) is 22.6 Å². The Bertz CT molecular complexity index is 1200. The van der Waals surface area contributed by atoms with Gasteiger partial charge in [0.1, 0.15) is 17.5 Å². The molecule has 154 valence electrons. The fourth-order valence-corrected chi connectivity index (χ4v) is 4.72. The van der Waals surface area contributed by atoms with Gasteiger partial charge in [0.05, 0.1) is 10.0 Å². The number of rotatable bonds is 4. The number of hydrogen-bond acceptors (Lipinski definition) is 4. The van der Waals surface area contributed by atoms with Gasteiger partial charge in [-0.2, -0.15) is 4.98 Å². The van der Waals surface area contributed by atoms with Gasteiger partial charge in [-0.1, -0.05) is 30.0 Å². The molecule has 4 rings (SSSR count). The van der Waals surface area contributed by atoms with Crippen LogP contribution >= 0.6 is 27.7 Å². The largest absolute Gasteiger partial charge is 0.312 e. The van der Waals surface area contributed by atoms with Crippen LogP contribution in [0.5, 0.6) is 0 Å². The van der Waals surface area contributed by atoms with Crippen LogP contribution in [-0.4, -0.2) is 15.5 Å². The van der Waals surface area contributed by atoms with Crippen molar-refractivity contribution in [2.24, 2.45) is 7.05 Å². The number of thioether (sulfide) groups is 1. The van der Waals surface area contributed by atoms with E-state index in [2.05, 4.69) is 26.2 Å². The number of halogens is 3. The Labute approximate surface area is 183 Å². The molecule has 0 saturated heterocycles. The lowest BCUT2D eigenvalue weighted by Crippen LogP contribution is -2.33. The first-order valence-corrected chi connectivity index (χ1v) is 10.8. The van der Waals surface area contributed by atoms with Gasteiger partial charge < -0.3 is 9.88 Å². The number of carbonyl (C=O) groups excluding carboxylic acids is 1. The second kappa shape index (κ2) is 8.31. The molecule has 1 aromatic heterocycles. The zero-order valence-electron chi connectivity index (χ0n) is 15.8. The van der Waals surface area contributed by atoms with Crippen molar-refractivity contribution in [3.05, 3.63) is 85.6 Å². The molecule has 3 aromatic rings. The van der Waals surface area contributed by atoms with E-state index < -0.39 is 17.3 Å². The van der Waals surface area contributed by atoms with Crippen LogP contribution in [0.1, 0.15) is 29.0 Å². The second-order valence-corrected chi connectivity index (χ2v) is 8.71. The summed E-state index contributed by atoms with van der Waals surface area (Å²) in [5.74, 6) is -0.612. The quantitative estimate of drug-likeness (QED) is 0.428. The molecule has 30 heavy (non-hydrogen) atoms. The maximum Gasteiger partial charge on any atom is 0.279 e. The van der Waals surface area contributed by atoms with Gasteiger partial charge in [-0.25, -0.2) is 8.78 Å². The molecule has 1 unspecified atom stereocenters. The first kappa shape index (κ1) is 20.7. The number of hydrogen-bond donors (Lipinski definition) is 1. The summed E-state index contributed by atoms with van der Waals surface area (Å²) in [6.45, 7) is 0. The highest BCUT2D eigenvalue weighted by Gasteiger charge is 2.32. The van der Waals surface area contributed by atoms with E-state index in [9.17, 15) is 18.4 Å². The van der Waals surface area contributed by atoms with Gasteiger partial charge in [0.25, 0.3) is 5.56 Å². The average Bonchev–Trinajstić information content (AvgIpc) is 2.72. The standard InChI is InChI=1S/C21H16BrF2N3O2S/c1-27-19-18(14(9-17(28)25-19)12-4-7-16(24)15(22)8-12)20(29)26-21(27)30-10-11-2-5-13(23)6-3-11/h2-8,14H,9-10H2,1H3,(H,25,28). The lowest BCUT2D eigenvalue weighted by Gasteiger charge is -2.27. The summed E-state index contributed by atoms with van der Waals surface area (Å²) in [5.41, 5.74) is 1.48. The molecule has 0 saturated carbocycles. The van der Waals surface area contributed by atoms with Crippen LogP contribution in [0.4, 0.5) is 14.6 Å². The summed E-state index contributed by atoms with van der Waals surface area (Å²) in [7, 11) is 1.72. The first-order chi connectivity index (χ1) is 14.3. The van der Waals surface area contributed by atoms with Gasteiger partial charge in [-0.15, -0.1) is 0 Å². The Hall–Kier alpha value is -2.52. The SMILES string of the molecule is Cn1c(SCc2ccc(F)cc2)nc(=O)c2c1NC(=O)CC2c1ccc(F)c(Br)c1. The highest BCUT2D eigenvalue weighted by Crippen LogP contribution is 2.37. The molecule has 1 aliphatic heterocycles. The van der Waals surface area contributed by atoms with Gasteiger partial charge in [-0.05, 0) is 51.3 Å². The maximum atomic E-state index is 13.7. The topological polar surface area (TPSA) is 64.0 Å². The van der Waals surface area contributed by atoms with Gasteiger partial charge in [-0.3, -0.25) is 9.59 Å². The number of amides is 1. The van der Waals surface area contributed by atoms with Crippen LogP contribution in [0, 0.1) is 11.6 Å². The van der Waals surface area contributed by atoms with Crippen molar-refractivity contribution in [2.45, 2.75) is 23.2 Å². The van der Waals surface area contributed by atoms with E-state index in [1.807, 2.05) is 0 Å². The van der Waals surface area contributed by atoms with Crippen molar-refractivity contribution < 1.29 is 13.6 Å². The summed E-state index contributed by atoms with van der Waals surface area (Å²) < 4.78 is 28.7. The average molecular weight is 492 g/mol. The maximum absolute atomic E-state index is 13.7. The molecule has 1 amide bonds. The number of benzene rings is 2. The molecular formula is C21H16BrF2N3O2S. The molecule has 0 fully saturated rings. The Kier molecular flexibility index (Phi) is 5.75. The second-order valence-electron chi connectivity index (χ2n) is 6.91. The fourth-order valence-electron chi connectivity index (χ4n) is 3.41. The predicted molar refractivity (Wildman–Crippen MR) is 115 cm³/mol. The van der Waals surface area contributed by atoms with Gasteiger partial charge in [0.15, 0.2) is 5.16 Å². The Morgan fingerprint density at radius 3 is 2.63 bits per heavy atom. The molecule has 2 heterocycles. The third kappa shape index (κ3) is 4.04. The molecule has 0 radical (unpaired) electrons. The zero-order valence-corrected chi connectivity index (χ0v) is 18.2. The minimum absolute atomic E-state index is 0.0735. The van der Waals surface area contributed by atoms with Gasteiger partial charge in [0.2, 0.25) is 5.91 Å². The molecule has 2 aromatic carbocycles. The fraction of sp³-hybridized carbons (Fsp3) is 0.190. The van der Waals surface area contributed by atoms with Crippen LogP contribution in [0.25, 0.3) is 0 Å². The number of aromatic nitrogens is 2. The van der Waals surface area contributed by atoms with Crippen LogP contribution in [0.2, 0.25) is 0 Å². The van der Waals surface area contributed by atoms with E-state index in [0.717, 1.165) is 5.56 Å². The molecule has 1 N–H and O–H groups in total. The summed E-state index contributed by atoms with van der Waals surface area (Å²) in [6, 6.07) is 10.5. The molecule has 1 aliphatic rings. The van der Waals surface area contributed by atoms with E-state index in [1.165, 1.54) is 30.0 Å². The Morgan fingerprint density at radius 2 is 1.93 bits per heavy atom. The number of nitrogens with zero attached hydrogens (tertiary/aromatic N) is 2. The summed E-state index contributed by atoms with van der Waals surface area (Å²) >= 11 is 4.47. The van der Waals surface area contributed by atoms with Crippen molar-refractivity contribution >= 4 is 39.4 Å². The van der Waals surface area contributed by atoms with Crippen molar-refractivity contribution in [3.63, 3.8) is 0 Å². The molecule has 0 aliphatic carbocycles. The minimum atomic E-state index is -0.520. The van der Waals surface area contributed by atoms with Gasteiger partial charge >= 0.3 is 0 Å². The number of carbonyl (C=O) groups is 1. The number of anilines is 1. The van der Waals surface area contributed by atoms with Crippen LogP contribution in [-0.2, 0) is 17.6 Å². The molecular weight excluding hydrogens is 476 g/mol. The summed E-state index contributed by atoms with van der Waals surface area (Å²) in [5, 5.41) is 3.21. The van der Waals surface area contributed by atoms with Crippen LogP contribution in [0.15, 0.2) is 56.9 Å². The highest BCUT2D eigenvalue weighted by molar-refractivity contribution is 9.10. The lowest BCUT2D eigenvalue weighted by atomic mass is 9.87. The Balaban J connectivity index is 1.71. The van der Waals surface area contributed by atoms with Crippen molar-refractivity contribution in [1.82, 2.24) is 9.55 Å². The zero-order chi connectivity index (χ0) is 21.4. The van der Waals surface area contributed by atoms with Crippen LogP contribution in [0.3, 0.4) is 0 Å².